The van der Waals surface area contributed by atoms with Gasteiger partial charge in [0.25, 0.3) is 5.91 Å². The standard InChI is InChI=1S/C25H30ClF3N4O4/c1-14(2)21-18(27)13-30-33(21)25(6-8-32(9-7-25)17-10-15(11-17)22(34)36-3)23(35)31-19-5-4-16(26)12-20(19)37-24(28)29/h4-5,12-15,17,24H,6-11H2,1-3H3,(H,31,35). The maximum absolute atomic E-state index is 14.8. The first-order valence-electron chi connectivity index (χ1n) is 12.2. The minimum absolute atomic E-state index is 0.0233. The number of amides is 1. The van der Waals surface area contributed by atoms with Crippen LogP contribution in [0.15, 0.2) is 24.4 Å². The maximum atomic E-state index is 14.8. The van der Waals surface area contributed by atoms with E-state index in [-0.39, 0.29) is 46.0 Å². The number of likely N-dealkylation sites (tertiary alicyclic amines) is 1. The number of alkyl halides is 2. The lowest BCUT2D eigenvalue weighted by Gasteiger charge is -2.48. The Morgan fingerprint density at radius 2 is 1.89 bits per heavy atom. The number of piperidine rings is 1. The van der Waals surface area contributed by atoms with Crippen LogP contribution in [0.2, 0.25) is 5.02 Å². The highest BCUT2D eigenvalue weighted by atomic mass is 35.5. The highest BCUT2D eigenvalue weighted by Crippen LogP contribution is 2.40. The number of nitrogens with zero attached hydrogens (tertiary/aromatic N) is 3. The van der Waals surface area contributed by atoms with Gasteiger partial charge in [-0.15, -0.1) is 0 Å². The van der Waals surface area contributed by atoms with E-state index in [1.165, 1.54) is 30.0 Å². The molecular weight excluding hydrogens is 513 g/mol. The molecule has 1 saturated carbocycles. The number of hydrogen-bond acceptors (Lipinski definition) is 6. The van der Waals surface area contributed by atoms with Crippen molar-refractivity contribution in [3.05, 3.63) is 40.9 Å². The summed E-state index contributed by atoms with van der Waals surface area (Å²) >= 11 is 5.94. The van der Waals surface area contributed by atoms with Crippen molar-refractivity contribution in [3.8, 4) is 5.75 Å². The zero-order valence-corrected chi connectivity index (χ0v) is 21.6. The number of carbonyl (C=O) groups is 2. The summed E-state index contributed by atoms with van der Waals surface area (Å²) < 4.78 is 51.6. The summed E-state index contributed by atoms with van der Waals surface area (Å²) in [5.74, 6) is -1.91. The Morgan fingerprint density at radius 3 is 2.49 bits per heavy atom. The first kappa shape index (κ1) is 27.3. The van der Waals surface area contributed by atoms with Gasteiger partial charge >= 0.3 is 12.6 Å². The van der Waals surface area contributed by atoms with Crippen molar-refractivity contribution in [2.24, 2.45) is 5.92 Å². The topological polar surface area (TPSA) is 85.7 Å². The molecule has 4 rings (SSSR count). The summed E-state index contributed by atoms with van der Waals surface area (Å²) in [6.45, 7) is 1.52. The molecule has 0 atom stereocenters. The Bertz CT molecular complexity index is 1140. The molecule has 0 unspecified atom stereocenters. The Hall–Kier alpha value is -2.79. The second kappa shape index (κ2) is 10.9. The van der Waals surface area contributed by atoms with Gasteiger partial charge in [0, 0.05) is 30.2 Å². The van der Waals surface area contributed by atoms with Crippen molar-refractivity contribution >= 4 is 29.2 Å². The molecule has 1 N–H and O–H groups in total. The van der Waals surface area contributed by atoms with Crippen LogP contribution in [0.3, 0.4) is 0 Å². The van der Waals surface area contributed by atoms with Crippen molar-refractivity contribution in [2.45, 2.75) is 63.6 Å². The Balaban J connectivity index is 1.61. The molecule has 1 aromatic carbocycles. The molecule has 0 bridgehead atoms. The number of hydrogen-bond donors (Lipinski definition) is 1. The van der Waals surface area contributed by atoms with Gasteiger partial charge in [0.15, 0.2) is 11.6 Å². The fourth-order valence-corrected chi connectivity index (χ4v) is 5.43. The molecule has 202 valence electrons. The molecule has 2 aromatic rings. The number of anilines is 1. The Morgan fingerprint density at radius 1 is 1.22 bits per heavy atom. The summed E-state index contributed by atoms with van der Waals surface area (Å²) in [6, 6.07) is 4.22. The van der Waals surface area contributed by atoms with E-state index in [9.17, 15) is 22.8 Å². The van der Waals surface area contributed by atoms with E-state index >= 15 is 0 Å². The molecule has 1 saturated heterocycles. The van der Waals surface area contributed by atoms with Gasteiger partial charge in [-0.2, -0.15) is 13.9 Å². The number of esters is 1. The molecule has 0 radical (unpaired) electrons. The number of aromatic nitrogens is 2. The van der Waals surface area contributed by atoms with E-state index < -0.39 is 23.9 Å². The van der Waals surface area contributed by atoms with Gasteiger partial charge in [0.1, 0.15) is 5.54 Å². The largest absolute Gasteiger partial charge is 0.469 e. The van der Waals surface area contributed by atoms with Gasteiger partial charge in [-0.25, -0.2) is 4.39 Å². The van der Waals surface area contributed by atoms with Crippen molar-refractivity contribution in [1.29, 1.82) is 0 Å². The fraction of sp³-hybridized carbons (Fsp3) is 0.560. The average molecular weight is 543 g/mol. The van der Waals surface area contributed by atoms with E-state index in [1.807, 2.05) is 13.8 Å². The van der Waals surface area contributed by atoms with Crippen LogP contribution >= 0.6 is 11.6 Å². The number of halogens is 4. The molecule has 1 aromatic heterocycles. The molecule has 2 heterocycles. The zero-order valence-electron chi connectivity index (χ0n) is 20.8. The second-order valence-corrected chi connectivity index (χ2v) is 10.3. The fourth-order valence-electron chi connectivity index (χ4n) is 5.27. The van der Waals surface area contributed by atoms with Crippen LogP contribution < -0.4 is 10.1 Å². The van der Waals surface area contributed by atoms with Gasteiger partial charge in [-0.1, -0.05) is 25.4 Å². The number of carbonyl (C=O) groups excluding carboxylic acids is 2. The van der Waals surface area contributed by atoms with Crippen molar-refractivity contribution < 1.29 is 32.2 Å². The molecule has 8 nitrogen and oxygen atoms in total. The third-order valence-corrected chi connectivity index (χ3v) is 7.57. The number of nitrogens with one attached hydrogen (secondary N) is 1. The molecule has 2 aliphatic rings. The molecule has 12 heteroatoms. The number of methoxy groups -OCH3 is 1. The smallest absolute Gasteiger partial charge is 0.387 e. The average Bonchev–Trinajstić information content (AvgIpc) is 3.22. The third-order valence-electron chi connectivity index (χ3n) is 7.33. The van der Waals surface area contributed by atoms with Crippen LogP contribution in [-0.4, -0.2) is 59.4 Å². The monoisotopic (exact) mass is 542 g/mol. The van der Waals surface area contributed by atoms with Gasteiger partial charge in [-0.3, -0.25) is 14.3 Å². The van der Waals surface area contributed by atoms with E-state index in [0.717, 1.165) is 6.20 Å². The summed E-state index contributed by atoms with van der Waals surface area (Å²) in [5.41, 5.74) is -0.957. The van der Waals surface area contributed by atoms with Crippen molar-refractivity contribution in [3.63, 3.8) is 0 Å². The van der Waals surface area contributed by atoms with Gasteiger partial charge < -0.3 is 19.7 Å². The lowest BCUT2D eigenvalue weighted by Crippen LogP contribution is -2.58. The summed E-state index contributed by atoms with van der Waals surface area (Å²) in [4.78, 5) is 27.9. The molecule has 37 heavy (non-hydrogen) atoms. The number of ether oxygens (including phenoxy) is 2. The Kier molecular flexibility index (Phi) is 8.03. The maximum Gasteiger partial charge on any atom is 0.387 e. The van der Waals surface area contributed by atoms with Crippen LogP contribution in [0, 0.1) is 11.7 Å². The van der Waals surface area contributed by atoms with E-state index in [4.69, 9.17) is 16.3 Å². The first-order chi connectivity index (χ1) is 17.6. The van der Waals surface area contributed by atoms with Crippen LogP contribution in [0.1, 0.15) is 51.1 Å². The van der Waals surface area contributed by atoms with Gasteiger partial charge in [-0.05, 0) is 43.7 Å². The summed E-state index contributed by atoms with van der Waals surface area (Å²) in [7, 11) is 1.37. The van der Waals surface area contributed by atoms with Crippen molar-refractivity contribution in [1.82, 2.24) is 14.7 Å². The van der Waals surface area contributed by atoms with Crippen LogP contribution in [0.4, 0.5) is 18.9 Å². The summed E-state index contributed by atoms with van der Waals surface area (Å²) in [6.07, 6.45) is 3.06. The third kappa shape index (κ3) is 5.43. The van der Waals surface area contributed by atoms with E-state index in [0.29, 0.717) is 38.8 Å². The van der Waals surface area contributed by atoms with E-state index in [2.05, 4.69) is 20.1 Å². The number of rotatable bonds is 8. The molecule has 1 amide bonds. The minimum Gasteiger partial charge on any atom is -0.469 e. The van der Waals surface area contributed by atoms with Gasteiger partial charge in [0.2, 0.25) is 0 Å². The van der Waals surface area contributed by atoms with Crippen LogP contribution in [0.25, 0.3) is 0 Å². The predicted octanol–water partition coefficient (Wildman–Crippen LogP) is 4.78. The highest BCUT2D eigenvalue weighted by molar-refractivity contribution is 6.30. The minimum atomic E-state index is -3.12. The summed E-state index contributed by atoms with van der Waals surface area (Å²) in [5, 5.41) is 7.14. The lowest BCUT2D eigenvalue weighted by atomic mass is 9.77. The predicted molar refractivity (Wildman–Crippen MR) is 130 cm³/mol. The quantitative estimate of drug-likeness (QED) is 0.483. The number of benzene rings is 1. The normalized spacial score (nSPS) is 21.5. The molecule has 2 fully saturated rings. The van der Waals surface area contributed by atoms with Gasteiger partial charge in [0.05, 0.1) is 30.6 Å². The van der Waals surface area contributed by atoms with E-state index in [1.54, 1.807) is 0 Å². The first-order valence-corrected chi connectivity index (χ1v) is 12.5. The SMILES string of the molecule is COC(=O)C1CC(N2CCC(C(=O)Nc3ccc(Cl)cc3OC(F)F)(n3ncc(F)c3C(C)C)CC2)C1. The molecular formula is C25H30ClF3N4O4. The second-order valence-electron chi connectivity index (χ2n) is 9.83. The molecule has 0 spiro atoms. The Labute approximate surface area is 218 Å². The molecule has 1 aliphatic heterocycles. The lowest BCUT2D eigenvalue weighted by molar-refractivity contribution is -0.151. The van der Waals surface area contributed by atoms with Crippen LogP contribution in [0.5, 0.6) is 5.75 Å². The highest BCUT2D eigenvalue weighted by Gasteiger charge is 2.49. The molecule has 1 aliphatic carbocycles. The van der Waals surface area contributed by atoms with Crippen molar-refractivity contribution in [2.75, 3.05) is 25.5 Å². The zero-order chi connectivity index (χ0) is 26.9. The van der Waals surface area contributed by atoms with Crippen LogP contribution in [-0.2, 0) is 19.9 Å².